The molecule has 0 radical (unpaired) electrons. The van der Waals surface area contributed by atoms with Gasteiger partial charge in [0.2, 0.25) is 0 Å². The zero-order valence-electron chi connectivity index (χ0n) is 12.1. The molecular weight excluding hydrogens is 274 g/mol. The summed E-state index contributed by atoms with van der Waals surface area (Å²) in [4.78, 5) is 12.2. The van der Waals surface area contributed by atoms with E-state index in [1.54, 1.807) is 6.07 Å². The number of aliphatic hydroxyl groups excluding tert-OH is 1. The van der Waals surface area contributed by atoms with Gasteiger partial charge in [0, 0.05) is 12.1 Å². The highest BCUT2D eigenvalue weighted by atomic mass is 16.3. The second kappa shape index (κ2) is 6.41. The maximum atomic E-state index is 12.2. The molecule has 3 rings (SSSR count). The van der Waals surface area contributed by atoms with E-state index in [9.17, 15) is 9.90 Å². The van der Waals surface area contributed by atoms with Crippen LogP contribution in [0.4, 0.5) is 0 Å². The van der Waals surface area contributed by atoms with Crippen LogP contribution in [0.15, 0.2) is 72.8 Å². The minimum absolute atomic E-state index is 0.180. The Hall–Kier alpha value is -2.65. The molecule has 2 N–H and O–H groups in total. The molecule has 1 atom stereocenters. The Morgan fingerprint density at radius 1 is 0.909 bits per heavy atom. The van der Waals surface area contributed by atoms with Crippen molar-refractivity contribution in [3.05, 3.63) is 83.9 Å². The first-order valence-corrected chi connectivity index (χ1v) is 7.24. The fourth-order valence-corrected chi connectivity index (χ4v) is 2.42. The number of amides is 1. The topological polar surface area (TPSA) is 49.3 Å². The van der Waals surface area contributed by atoms with Gasteiger partial charge in [-0.2, -0.15) is 0 Å². The van der Waals surface area contributed by atoms with Gasteiger partial charge in [-0.3, -0.25) is 4.79 Å². The van der Waals surface area contributed by atoms with Gasteiger partial charge in [-0.1, -0.05) is 60.7 Å². The van der Waals surface area contributed by atoms with Crippen molar-refractivity contribution >= 4 is 16.7 Å². The number of rotatable bonds is 4. The summed E-state index contributed by atoms with van der Waals surface area (Å²) in [7, 11) is 0. The van der Waals surface area contributed by atoms with E-state index in [2.05, 4.69) is 5.32 Å². The molecule has 0 aromatic heterocycles. The van der Waals surface area contributed by atoms with Crippen LogP contribution in [0.3, 0.4) is 0 Å². The molecular formula is C19H17NO2. The van der Waals surface area contributed by atoms with Crippen molar-refractivity contribution in [3.63, 3.8) is 0 Å². The van der Waals surface area contributed by atoms with Crippen molar-refractivity contribution in [2.45, 2.75) is 6.10 Å². The third-order valence-electron chi connectivity index (χ3n) is 3.65. The monoisotopic (exact) mass is 291 g/mol. The summed E-state index contributed by atoms with van der Waals surface area (Å²) in [6.07, 6.45) is -0.703. The quantitative estimate of drug-likeness (QED) is 0.775. The maximum absolute atomic E-state index is 12.2. The van der Waals surface area contributed by atoms with Crippen LogP contribution in [-0.4, -0.2) is 17.6 Å². The molecule has 1 unspecified atom stereocenters. The molecule has 0 aliphatic carbocycles. The number of benzene rings is 3. The van der Waals surface area contributed by atoms with E-state index >= 15 is 0 Å². The van der Waals surface area contributed by atoms with Gasteiger partial charge in [-0.05, 0) is 28.5 Å². The van der Waals surface area contributed by atoms with Crippen LogP contribution in [0.25, 0.3) is 10.8 Å². The molecule has 0 bridgehead atoms. The van der Waals surface area contributed by atoms with Crippen molar-refractivity contribution < 1.29 is 9.90 Å². The minimum atomic E-state index is -0.703. The van der Waals surface area contributed by atoms with E-state index in [-0.39, 0.29) is 12.5 Å². The number of carbonyl (C=O) groups is 1. The molecule has 0 fully saturated rings. The van der Waals surface area contributed by atoms with Gasteiger partial charge in [-0.15, -0.1) is 0 Å². The molecule has 3 heteroatoms. The summed E-state index contributed by atoms with van der Waals surface area (Å²) in [5.74, 6) is -0.180. The summed E-state index contributed by atoms with van der Waals surface area (Å²) in [6, 6.07) is 22.8. The number of fused-ring (bicyclic) bond motifs is 1. The largest absolute Gasteiger partial charge is 0.387 e. The van der Waals surface area contributed by atoms with Crippen molar-refractivity contribution in [2.75, 3.05) is 6.54 Å². The van der Waals surface area contributed by atoms with Crippen molar-refractivity contribution in [1.29, 1.82) is 0 Å². The fraction of sp³-hybridized carbons (Fsp3) is 0.105. The Labute approximate surface area is 129 Å². The van der Waals surface area contributed by atoms with Crippen LogP contribution < -0.4 is 5.32 Å². The first-order chi connectivity index (χ1) is 10.7. The number of hydrogen-bond acceptors (Lipinski definition) is 2. The molecule has 1 amide bonds. The molecule has 3 nitrogen and oxygen atoms in total. The summed E-state index contributed by atoms with van der Waals surface area (Å²) in [5, 5.41) is 15.0. The summed E-state index contributed by atoms with van der Waals surface area (Å²) < 4.78 is 0. The molecule has 0 aliphatic heterocycles. The van der Waals surface area contributed by atoms with Crippen molar-refractivity contribution in [2.24, 2.45) is 0 Å². The van der Waals surface area contributed by atoms with E-state index < -0.39 is 6.10 Å². The zero-order chi connectivity index (χ0) is 15.4. The lowest BCUT2D eigenvalue weighted by atomic mass is 10.1. The second-order valence-electron chi connectivity index (χ2n) is 5.20. The lowest BCUT2D eigenvalue weighted by Gasteiger charge is -2.12. The van der Waals surface area contributed by atoms with E-state index in [1.807, 2.05) is 66.7 Å². The fourth-order valence-electron chi connectivity index (χ4n) is 2.42. The standard InChI is InChI=1S/C19H17NO2/c21-18(15-7-2-1-3-8-15)13-20-19(22)17-11-10-14-6-4-5-9-16(14)12-17/h1-12,18,21H,13H2,(H,20,22). The van der Waals surface area contributed by atoms with E-state index in [0.29, 0.717) is 5.56 Å². The van der Waals surface area contributed by atoms with E-state index in [1.165, 1.54) is 0 Å². The second-order valence-corrected chi connectivity index (χ2v) is 5.20. The molecule has 0 heterocycles. The first-order valence-electron chi connectivity index (χ1n) is 7.24. The Bertz CT molecular complexity index is 784. The van der Waals surface area contributed by atoms with Crippen molar-refractivity contribution in [1.82, 2.24) is 5.32 Å². The molecule has 0 aliphatic rings. The third-order valence-corrected chi connectivity index (χ3v) is 3.65. The number of carbonyl (C=O) groups excluding carboxylic acids is 1. The van der Waals surface area contributed by atoms with Crippen LogP contribution >= 0.6 is 0 Å². The van der Waals surface area contributed by atoms with Crippen LogP contribution in [-0.2, 0) is 0 Å². The van der Waals surface area contributed by atoms with Gasteiger partial charge in [0.05, 0.1) is 6.10 Å². The van der Waals surface area contributed by atoms with Gasteiger partial charge in [-0.25, -0.2) is 0 Å². The summed E-state index contributed by atoms with van der Waals surface area (Å²) in [5.41, 5.74) is 1.39. The van der Waals surface area contributed by atoms with E-state index in [4.69, 9.17) is 0 Å². The summed E-state index contributed by atoms with van der Waals surface area (Å²) >= 11 is 0. The van der Waals surface area contributed by atoms with E-state index in [0.717, 1.165) is 16.3 Å². The number of hydrogen-bond donors (Lipinski definition) is 2. The van der Waals surface area contributed by atoms with Crippen LogP contribution in [0, 0.1) is 0 Å². The van der Waals surface area contributed by atoms with Gasteiger partial charge >= 0.3 is 0 Å². The van der Waals surface area contributed by atoms with Crippen LogP contribution in [0.1, 0.15) is 22.0 Å². The van der Waals surface area contributed by atoms with Crippen LogP contribution in [0.5, 0.6) is 0 Å². The minimum Gasteiger partial charge on any atom is -0.387 e. The Kier molecular flexibility index (Phi) is 4.17. The predicted molar refractivity (Wildman–Crippen MR) is 87.7 cm³/mol. The molecule has 110 valence electrons. The molecule has 0 saturated carbocycles. The predicted octanol–water partition coefficient (Wildman–Crippen LogP) is 3.30. The number of aliphatic hydroxyl groups is 1. The lowest BCUT2D eigenvalue weighted by molar-refractivity contribution is 0.0916. The Morgan fingerprint density at radius 2 is 1.59 bits per heavy atom. The first kappa shape index (κ1) is 14.3. The highest BCUT2D eigenvalue weighted by Gasteiger charge is 2.10. The lowest BCUT2D eigenvalue weighted by Crippen LogP contribution is -2.28. The normalized spacial score (nSPS) is 12.0. The molecule has 0 spiro atoms. The molecule has 22 heavy (non-hydrogen) atoms. The van der Waals surface area contributed by atoms with Crippen LogP contribution in [0.2, 0.25) is 0 Å². The Morgan fingerprint density at radius 3 is 2.36 bits per heavy atom. The summed E-state index contributed by atoms with van der Waals surface area (Å²) in [6.45, 7) is 0.190. The third kappa shape index (κ3) is 3.15. The maximum Gasteiger partial charge on any atom is 0.251 e. The zero-order valence-corrected chi connectivity index (χ0v) is 12.1. The molecule has 3 aromatic carbocycles. The SMILES string of the molecule is O=C(NCC(O)c1ccccc1)c1ccc2ccccc2c1. The smallest absolute Gasteiger partial charge is 0.251 e. The number of nitrogens with one attached hydrogen (secondary N) is 1. The van der Waals surface area contributed by atoms with Gasteiger partial charge in [0.15, 0.2) is 0 Å². The average Bonchev–Trinajstić information content (AvgIpc) is 2.59. The highest BCUT2D eigenvalue weighted by Crippen LogP contribution is 2.16. The molecule has 3 aromatic rings. The average molecular weight is 291 g/mol. The van der Waals surface area contributed by atoms with Gasteiger partial charge < -0.3 is 10.4 Å². The molecule has 0 saturated heterocycles. The van der Waals surface area contributed by atoms with Crippen molar-refractivity contribution in [3.8, 4) is 0 Å². The Balaban J connectivity index is 1.68. The highest BCUT2D eigenvalue weighted by molar-refractivity contribution is 5.98. The van der Waals surface area contributed by atoms with Gasteiger partial charge in [0.25, 0.3) is 5.91 Å². The van der Waals surface area contributed by atoms with Gasteiger partial charge in [0.1, 0.15) is 0 Å².